The van der Waals surface area contributed by atoms with E-state index in [0.717, 1.165) is 11.3 Å². The van der Waals surface area contributed by atoms with Gasteiger partial charge in [0.15, 0.2) is 5.11 Å². The zero-order valence-corrected chi connectivity index (χ0v) is 20.6. The maximum absolute atomic E-state index is 5.12. The van der Waals surface area contributed by atoms with Crippen molar-refractivity contribution in [2.75, 3.05) is 5.32 Å². The van der Waals surface area contributed by atoms with Crippen LogP contribution in [0, 0.1) is 6.92 Å². The molecule has 158 valence electrons. The van der Waals surface area contributed by atoms with Gasteiger partial charge < -0.3 is 5.32 Å². The summed E-state index contributed by atoms with van der Waals surface area (Å²) >= 11 is 6.94. The molecule has 0 aliphatic heterocycles. The Kier molecular flexibility index (Phi) is 13.6. The Hall–Kier alpha value is -2.07. The van der Waals surface area contributed by atoms with Crippen molar-refractivity contribution in [3.8, 4) is 0 Å². The Balaban J connectivity index is 0.000000318. The summed E-state index contributed by atoms with van der Waals surface area (Å²) in [5, 5.41) is 7.56. The molecule has 3 nitrogen and oxygen atoms in total. The van der Waals surface area contributed by atoms with Crippen molar-refractivity contribution in [2.24, 2.45) is 5.10 Å². The molecule has 2 N–H and O–H groups in total. The van der Waals surface area contributed by atoms with Gasteiger partial charge in [-0.25, -0.2) is 0 Å². The van der Waals surface area contributed by atoms with Crippen LogP contribution in [0.4, 0.5) is 5.69 Å². The van der Waals surface area contributed by atoms with E-state index in [0.29, 0.717) is 11.0 Å². The molecule has 0 atom stereocenters. The van der Waals surface area contributed by atoms with E-state index in [1.54, 1.807) is 6.21 Å². The molecule has 0 fully saturated rings. The number of hydrazone groups is 1. The number of thiocarbonyl (C=S) groups is 1. The SMILES string of the molecule is Cc1ccc(C(C)C)cc1.S=C(N/N=C/c1ccccc1)Nc1ccccc1.[Cl][Ru+]. The minimum atomic E-state index is 0.466. The molecular formula is C24H27ClN3RuS+. The normalized spacial score (nSPS) is 9.80. The number of hydrogen-bond donors (Lipinski definition) is 2. The summed E-state index contributed by atoms with van der Waals surface area (Å²) in [5.41, 5.74) is 7.48. The number of aryl methyl sites for hydroxylation is 1. The molecule has 0 aliphatic rings. The van der Waals surface area contributed by atoms with Gasteiger partial charge in [-0.1, -0.05) is 92.2 Å². The maximum atomic E-state index is 5.12. The van der Waals surface area contributed by atoms with Crippen LogP contribution in [0.25, 0.3) is 0 Å². The van der Waals surface area contributed by atoms with Gasteiger partial charge in [-0.3, -0.25) is 5.43 Å². The van der Waals surface area contributed by atoms with Crippen molar-refractivity contribution in [2.45, 2.75) is 26.7 Å². The van der Waals surface area contributed by atoms with Crippen LogP contribution < -0.4 is 10.7 Å². The summed E-state index contributed by atoms with van der Waals surface area (Å²) < 4.78 is 0. The predicted molar refractivity (Wildman–Crippen MR) is 131 cm³/mol. The first-order chi connectivity index (χ1) is 14.5. The van der Waals surface area contributed by atoms with E-state index < -0.39 is 0 Å². The minimum absolute atomic E-state index is 0.466. The predicted octanol–water partition coefficient (Wildman–Crippen LogP) is 6.81. The Morgan fingerprint density at radius 1 is 0.900 bits per heavy atom. The van der Waals surface area contributed by atoms with Crippen molar-refractivity contribution in [1.82, 2.24) is 5.43 Å². The molecule has 0 unspecified atom stereocenters. The van der Waals surface area contributed by atoms with Crippen molar-refractivity contribution < 1.29 is 17.3 Å². The molecule has 0 aromatic heterocycles. The first-order valence-electron chi connectivity index (χ1n) is 9.44. The molecule has 0 radical (unpaired) electrons. The van der Waals surface area contributed by atoms with Gasteiger partial charge in [-0.2, -0.15) is 5.10 Å². The summed E-state index contributed by atoms with van der Waals surface area (Å²) in [7, 11) is 4.57. The van der Waals surface area contributed by atoms with Crippen molar-refractivity contribution in [1.29, 1.82) is 0 Å². The van der Waals surface area contributed by atoms with Gasteiger partial charge in [0.05, 0.1) is 6.21 Å². The van der Waals surface area contributed by atoms with Crippen LogP contribution in [0.3, 0.4) is 0 Å². The van der Waals surface area contributed by atoms with E-state index in [4.69, 9.17) is 12.2 Å². The number of rotatable bonds is 4. The first-order valence-corrected chi connectivity index (χ1v) is 12.1. The molecule has 0 spiro atoms. The summed E-state index contributed by atoms with van der Waals surface area (Å²) in [6.45, 7) is 6.54. The number of nitrogens with zero attached hydrogens (tertiary/aromatic N) is 1. The average molecular weight is 526 g/mol. The van der Waals surface area contributed by atoms with Crippen molar-refractivity contribution in [3.63, 3.8) is 0 Å². The van der Waals surface area contributed by atoms with E-state index in [2.05, 4.69) is 70.6 Å². The van der Waals surface area contributed by atoms with E-state index in [-0.39, 0.29) is 0 Å². The monoisotopic (exact) mass is 526 g/mol. The van der Waals surface area contributed by atoms with Crippen LogP contribution in [-0.4, -0.2) is 11.3 Å². The summed E-state index contributed by atoms with van der Waals surface area (Å²) in [6.07, 6.45) is 1.72. The molecule has 0 amide bonds. The quantitative estimate of drug-likeness (QED) is 0.170. The number of halogens is 1. The van der Waals surface area contributed by atoms with Crippen LogP contribution in [0.15, 0.2) is 90.0 Å². The average Bonchev–Trinajstić information content (AvgIpc) is 2.77. The van der Waals surface area contributed by atoms with Crippen molar-refractivity contribution in [3.05, 3.63) is 102 Å². The molecule has 30 heavy (non-hydrogen) atoms. The standard InChI is InChI=1S/C14H13N3S.C10H14.ClH.Ru/c18-14(16-13-9-5-2-6-10-13)17-15-11-12-7-3-1-4-8-12;1-8(2)10-6-4-9(3)5-7-10;;/h1-11H,(H2,16,17,18);4-8H,1-3H3;1H;/q;;;+2/p-1/b15-11+;;;. The molecule has 0 saturated heterocycles. The molecule has 3 aromatic carbocycles. The molecule has 0 aliphatic carbocycles. The summed E-state index contributed by atoms with van der Waals surface area (Å²) in [6, 6.07) is 28.3. The molecule has 3 rings (SSSR count). The van der Waals surface area contributed by atoms with E-state index in [1.807, 2.05) is 78.0 Å². The fourth-order valence-electron chi connectivity index (χ4n) is 2.34. The van der Waals surface area contributed by atoms with E-state index in [1.165, 1.54) is 11.1 Å². The van der Waals surface area contributed by atoms with Crippen LogP contribution in [0.5, 0.6) is 0 Å². The fourth-order valence-corrected chi connectivity index (χ4v) is 2.51. The molecular weight excluding hydrogens is 499 g/mol. The van der Waals surface area contributed by atoms with Gasteiger partial charge in [-0.15, -0.1) is 0 Å². The van der Waals surface area contributed by atoms with Crippen LogP contribution >= 0.6 is 21.9 Å². The van der Waals surface area contributed by atoms with Gasteiger partial charge >= 0.3 is 27.0 Å². The van der Waals surface area contributed by atoms with Gasteiger partial charge in [-0.05, 0) is 48.3 Å². The second-order valence-corrected chi connectivity index (χ2v) is 7.07. The number of hydrogen-bond acceptors (Lipinski definition) is 2. The first kappa shape index (κ1) is 26.0. The van der Waals surface area contributed by atoms with Crippen molar-refractivity contribution >= 4 is 38.9 Å². The topological polar surface area (TPSA) is 36.4 Å². The van der Waals surface area contributed by atoms with E-state index >= 15 is 0 Å². The van der Waals surface area contributed by atoms with Crippen LogP contribution in [0.1, 0.15) is 36.5 Å². The molecule has 0 heterocycles. The molecule has 0 bridgehead atoms. The third kappa shape index (κ3) is 11.2. The molecule has 3 aromatic rings. The third-order valence-corrected chi connectivity index (χ3v) is 4.15. The van der Waals surface area contributed by atoms with Gasteiger partial charge in [0.25, 0.3) is 0 Å². The zero-order valence-electron chi connectivity index (χ0n) is 17.3. The molecule has 0 saturated carbocycles. The van der Waals surface area contributed by atoms with Crippen LogP contribution in [0.2, 0.25) is 0 Å². The number of nitrogens with one attached hydrogen (secondary N) is 2. The Bertz CT molecular complexity index is 870. The summed E-state index contributed by atoms with van der Waals surface area (Å²) in [4.78, 5) is 0. The van der Waals surface area contributed by atoms with Gasteiger partial charge in [0, 0.05) is 5.69 Å². The van der Waals surface area contributed by atoms with E-state index in [9.17, 15) is 0 Å². The van der Waals surface area contributed by atoms with Crippen LogP contribution in [-0.2, 0) is 17.3 Å². The fraction of sp³-hybridized carbons (Fsp3) is 0.167. The number of anilines is 1. The molecule has 6 heteroatoms. The van der Waals surface area contributed by atoms with Gasteiger partial charge in [0.1, 0.15) is 0 Å². The Morgan fingerprint density at radius 3 is 1.97 bits per heavy atom. The second kappa shape index (κ2) is 15.7. The third-order valence-electron chi connectivity index (χ3n) is 3.95. The zero-order chi connectivity index (χ0) is 22.2. The summed E-state index contributed by atoms with van der Waals surface area (Å²) in [5.74, 6) is 0.653. The number of para-hydroxylation sites is 1. The number of benzene rings is 3. The Morgan fingerprint density at radius 2 is 1.43 bits per heavy atom. The Labute approximate surface area is 199 Å². The second-order valence-electron chi connectivity index (χ2n) is 6.67. The van der Waals surface area contributed by atoms with Gasteiger partial charge in [0.2, 0.25) is 0 Å².